The lowest BCUT2D eigenvalue weighted by atomic mass is 9.65. The molecule has 1 nitrogen and oxygen atoms in total. The summed E-state index contributed by atoms with van der Waals surface area (Å²) in [4.78, 5) is 0.845. The molecule has 17 heavy (non-hydrogen) atoms. The average molecular weight is 273 g/mol. The summed E-state index contributed by atoms with van der Waals surface area (Å²) in [6, 6.07) is 5.70. The van der Waals surface area contributed by atoms with Gasteiger partial charge in [-0.05, 0) is 28.5 Å². The molecule has 0 aromatic heterocycles. The van der Waals surface area contributed by atoms with Gasteiger partial charge in [0.25, 0.3) is 0 Å². The van der Waals surface area contributed by atoms with Crippen LogP contribution in [0.2, 0.25) is 5.02 Å². The SMILES string of the molecule is CS(=O)c1cc(Cl)ccc1C(C)(C)C(C)(C)C. The summed E-state index contributed by atoms with van der Waals surface area (Å²) in [7, 11) is -1.02. The molecule has 0 aliphatic heterocycles. The fourth-order valence-corrected chi connectivity index (χ4v) is 2.82. The Morgan fingerprint density at radius 1 is 1.12 bits per heavy atom. The second-order valence-corrected chi connectivity index (χ2v) is 7.75. The topological polar surface area (TPSA) is 17.1 Å². The van der Waals surface area contributed by atoms with E-state index in [2.05, 4.69) is 34.6 Å². The molecule has 0 radical (unpaired) electrons. The van der Waals surface area contributed by atoms with E-state index in [0.717, 1.165) is 10.5 Å². The normalized spacial score (nSPS) is 14.8. The quantitative estimate of drug-likeness (QED) is 0.780. The van der Waals surface area contributed by atoms with Crippen LogP contribution in [-0.2, 0) is 16.2 Å². The van der Waals surface area contributed by atoms with E-state index in [1.54, 1.807) is 6.26 Å². The Hall–Kier alpha value is -0.340. The van der Waals surface area contributed by atoms with Gasteiger partial charge in [-0.1, -0.05) is 52.3 Å². The van der Waals surface area contributed by atoms with Crippen molar-refractivity contribution in [1.29, 1.82) is 0 Å². The van der Waals surface area contributed by atoms with Gasteiger partial charge >= 0.3 is 0 Å². The predicted molar refractivity (Wildman–Crippen MR) is 76.3 cm³/mol. The number of hydrogen-bond acceptors (Lipinski definition) is 1. The molecule has 1 atom stereocenters. The number of hydrogen-bond donors (Lipinski definition) is 0. The van der Waals surface area contributed by atoms with Gasteiger partial charge in [0.15, 0.2) is 0 Å². The standard InChI is InChI=1S/C14H21ClOS/c1-13(2,3)14(4,5)11-8-7-10(15)9-12(11)17(6)16/h7-9H,1-6H3. The molecule has 0 amide bonds. The zero-order chi connectivity index (χ0) is 13.4. The number of rotatable bonds is 2. The highest BCUT2D eigenvalue weighted by atomic mass is 35.5. The van der Waals surface area contributed by atoms with Crippen molar-refractivity contribution >= 4 is 22.4 Å². The van der Waals surface area contributed by atoms with Gasteiger partial charge in [-0.15, -0.1) is 0 Å². The Bertz CT molecular complexity index is 444. The van der Waals surface area contributed by atoms with Crippen molar-refractivity contribution in [3.05, 3.63) is 28.8 Å². The molecule has 0 saturated carbocycles. The van der Waals surface area contributed by atoms with Gasteiger partial charge in [0.05, 0.1) is 10.8 Å². The van der Waals surface area contributed by atoms with Gasteiger partial charge in [-0.3, -0.25) is 4.21 Å². The van der Waals surface area contributed by atoms with Crippen LogP contribution in [0, 0.1) is 5.41 Å². The van der Waals surface area contributed by atoms with Crippen LogP contribution in [0.25, 0.3) is 0 Å². The van der Waals surface area contributed by atoms with Crippen LogP contribution in [-0.4, -0.2) is 10.5 Å². The third kappa shape index (κ3) is 2.92. The van der Waals surface area contributed by atoms with Crippen LogP contribution in [0.3, 0.4) is 0 Å². The van der Waals surface area contributed by atoms with Crippen LogP contribution >= 0.6 is 11.6 Å². The monoisotopic (exact) mass is 272 g/mol. The molecule has 0 bridgehead atoms. The minimum absolute atomic E-state index is 0.0570. The summed E-state index contributed by atoms with van der Waals surface area (Å²) in [5.41, 5.74) is 1.16. The van der Waals surface area contributed by atoms with Crippen molar-refractivity contribution in [1.82, 2.24) is 0 Å². The zero-order valence-corrected chi connectivity index (χ0v) is 13.0. The van der Waals surface area contributed by atoms with Gasteiger partial charge in [0.2, 0.25) is 0 Å². The fourth-order valence-electron chi connectivity index (χ4n) is 1.65. The lowest BCUT2D eigenvalue weighted by molar-refractivity contribution is 0.222. The molecule has 0 spiro atoms. The molecule has 1 aromatic rings. The van der Waals surface area contributed by atoms with Crippen LogP contribution in [0.4, 0.5) is 0 Å². The lowest BCUT2D eigenvalue weighted by Crippen LogP contribution is -2.35. The van der Waals surface area contributed by atoms with Crippen molar-refractivity contribution in [2.45, 2.75) is 44.9 Å². The van der Waals surface area contributed by atoms with Crippen LogP contribution in [0.5, 0.6) is 0 Å². The summed E-state index contributed by atoms with van der Waals surface area (Å²) < 4.78 is 11.8. The highest BCUT2D eigenvalue weighted by molar-refractivity contribution is 7.84. The van der Waals surface area contributed by atoms with E-state index in [1.807, 2.05) is 18.2 Å². The minimum Gasteiger partial charge on any atom is -0.255 e. The van der Waals surface area contributed by atoms with Crippen molar-refractivity contribution in [2.75, 3.05) is 6.26 Å². The van der Waals surface area contributed by atoms with Crippen molar-refractivity contribution < 1.29 is 4.21 Å². The highest BCUT2D eigenvalue weighted by Crippen LogP contribution is 2.43. The van der Waals surface area contributed by atoms with E-state index in [-0.39, 0.29) is 10.8 Å². The van der Waals surface area contributed by atoms with Gasteiger partial charge in [-0.25, -0.2) is 0 Å². The smallest absolute Gasteiger partial charge is 0.0501 e. The summed E-state index contributed by atoms with van der Waals surface area (Å²) in [6.07, 6.45) is 1.70. The van der Waals surface area contributed by atoms with Crippen molar-refractivity contribution in [3.8, 4) is 0 Å². The largest absolute Gasteiger partial charge is 0.255 e. The fraction of sp³-hybridized carbons (Fsp3) is 0.571. The molecule has 0 aliphatic rings. The van der Waals surface area contributed by atoms with E-state index >= 15 is 0 Å². The summed E-state index contributed by atoms with van der Waals surface area (Å²) in [5, 5.41) is 0.642. The zero-order valence-electron chi connectivity index (χ0n) is 11.4. The van der Waals surface area contributed by atoms with Crippen molar-refractivity contribution in [3.63, 3.8) is 0 Å². The first-order chi connectivity index (χ1) is 7.57. The van der Waals surface area contributed by atoms with Crippen LogP contribution in [0.15, 0.2) is 23.1 Å². The first kappa shape index (κ1) is 14.7. The van der Waals surface area contributed by atoms with Gasteiger partial charge < -0.3 is 0 Å². The van der Waals surface area contributed by atoms with Gasteiger partial charge in [0.1, 0.15) is 0 Å². The second kappa shape index (κ2) is 4.74. The van der Waals surface area contributed by atoms with Gasteiger partial charge in [0, 0.05) is 16.2 Å². The molecule has 0 fully saturated rings. The lowest BCUT2D eigenvalue weighted by Gasteiger charge is -2.40. The molecule has 1 rings (SSSR count). The molecule has 96 valence electrons. The summed E-state index contributed by atoms with van der Waals surface area (Å²) in [6.45, 7) is 11.0. The number of benzene rings is 1. The summed E-state index contributed by atoms with van der Waals surface area (Å²) in [5.74, 6) is 0. The molecule has 0 aliphatic carbocycles. The molecule has 1 aromatic carbocycles. The molecule has 0 saturated heterocycles. The summed E-state index contributed by atoms with van der Waals surface area (Å²) >= 11 is 5.99. The van der Waals surface area contributed by atoms with E-state index < -0.39 is 10.8 Å². The Labute approximate surface area is 112 Å². The Morgan fingerprint density at radius 3 is 2.06 bits per heavy atom. The minimum atomic E-state index is -1.02. The molecule has 1 unspecified atom stereocenters. The Morgan fingerprint density at radius 2 is 1.65 bits per heavy atom. The molecule has 0 heterocycles. The predicted octanol–water partition coefficient (Wildman–Crippen LogP) is 4.40. The van der Waals surface area contributed by atoms with Crippen molar-refractivity contribution in [2.24, 2.45) is 5.41 Å². The van der Waals surface area contributed by atoms with E-state index in [0.29, 0.717) is 5.02 Å². The Kier molecular flexibility index (Phi) is 4.10. The molecular formula is C14H21ClOS. The first-order valence-corrected chi connectivity index (χ1v) is 7.64. The van der Waals surface area contributed by atoms with E-state index in [9.17, 15) is 4.21 Å². The van der Waals surface area contributed by atoms with E-state index in [1.165, 1.54) is 0 Å². The van der Waals surface area contributed by atoms with Crippen LogP contribution in [0.1, 0.15) is 40.2 Å². The van der Waals surface area contributed by atoms with E-state index in [4.69, 9.17) is 11.6 Å². The molecule has 0 N–H and O–H groups in total. The number of halogens is 1. The first-order valence-electron chi connectivity index (χ1n) is 5.71. The third-order valence-corrected chi connectivity index (χ3v) is 4.99. The maximum atomic E-state index is 11.8. The highest BCUT2D eigenvalue weighted by Gasteiger charge is 2.36. The third-order valence-electron chi connectivity index (χ3n) is 3.80. The molecular weight excluding hydrogens is 252 g/mol. The van der Waals surface area contributed by atoms with Gasteiger partial charge in [-0.2, -0.15) is 0 Å². The maximum Gasteiger partial charge on any atom is 0.0501 e. The molecule has 3 heteroatoms. The van der Waals surface area contributed by atoms with Crippen LogP contribution < -0.4 is 0 Å². The Balaban J connectivity index is 3.46. The average Bonchev–Trinajstić information content (AvgIpc) is 2.15. The maximum absolute atomic E-state index is 11.8. The second-order valence-electron chi connectivity index (χ2n) is 5.97.